The molecule has 0 radical (unpaired) electrons. The summed E-state index contributed by atoms with van der Waals surface area (Å²) in [5.74, 6) is -0.109. The molecule has 128 valence electrons. The highest BCUT2D eigenvalue weighted by atomic mass is 35.5. The van der Waals surface area contributed by atoms with Gasteiger partial charge in [0, 0.05) is 18.5 Å². The van der Waals surface area contributed by atoms with Gasteiger partial charge in [0.2, 0.25) is 5.88 Å². The third-order valence-corrected chi connectivity index (χ3v) is 4.47. The molecule has 1 aromatic carbocycles. The molecule has 0 N–H and O–H groups in total. The zero-order chi connectivity index (χ0) is 18.0. The van der Waals surface area contributed by atoms with E-state index < -0.39 is 5.97 Å². The van der Waals surface area contributed by atoms with Gasteiger partial charge in [-0.25, -0.2) is 9.48 Å². The van der Waals surface area contributed by atoms with Crippen molar-refractivity contribution in [2.75, 3.05) is 0 Å². The lowest BCUT2D eigenvalue weighted by Crippen LogP contribution is -2.15. The summed E-state index contributed by atoms with van der Waals surface area (Å²) < 4.78 is 7.17. The summed E-state index contributed by atoms with van der Waals surface area (Å²) in [6.07, 6.45) is 3.08. The molecular formula is C18H15Cl2N3O2. The number of carbonyl (C=O) groups excluding carboxylic acids is 1. The standard InChI is InChI=1S/C18H15Cl2N3O2/c1-11-9-17(25-18(24)13-5-7-21-8-6-13)23(22-11)12(2)14-3-4-15(19)16(20)10-14/h3-10,12H,1-2H3. The molecule has 0 saturated heterocycles. The maximum Gasteiger partial charge on any atom is 0.344 e. The van der Waals surface area contributed by atoms with Gasteiger partial charge in [-0.2, -0.15) is 5.10 Å². The van der Waals surface area contributed by atoms with Crippen LogP contribution in [0.1, 0.15) is 34.6 Å². The second-order valence-electron chi connectivity index (χ2n) is 5.54. The van der Waals surface area contributed by atoms with Crippen LogP contribution in [-0.4, -0.2) is 20.7 Å². The Hall–Kier alpha value is -2.37. The predicted molar refractivity (Wildman–Crippen MR) is 96.4 cm³/mol. The fraction of sp³-hybridized carbons (Fsp3) is 0.167. The molecular weight excluding hydrogens is 361 g/mol. The maximum atomic E-state index is 12.3. The Balaban J connectivity index is 1.90. The number of benzene rings is 1. The minimum absolute atomic E-state index is 0.191. The average Bonchev–Trinajstić information content (AvgIpc) is 2.97. The van der Waals surface area contributed by atoms with E-state index in [2.05, 4.69) is 10.1 Å². The zero-order valence-electron chi connectivity index (χ0n) is 13.6. The number of pyridine rings is 1. The highest BCUT2D eigenvalue weighted by Crippen LogP contribution is 2.29. The molecule has 0 spiro atoms. The highest BCUT2D eigenvalue weighted by Gasteiger charge is 2.19. The van der Waals surface area contributed by atoms with E-state index in [9.17, 15) is 4.79 Å². The number of esters is 1. The van der Waals surface area contributed by atoms with E-state index in [0.717, 1.165) is 11.3 Å². The summed E-state index contributed by atoms with van der Waals surface area (Å²) in [6, 6.07) is 10.1. The van der Waals surface area contributed by atoms with E-state index in [1.807, 2.05) is 19.9 Å². The van der Waals surface area contributed by atoms with Crippen molar-refractivity contribution in [3.8, 4) is 5.88 Å². The summed E-state index contributed by atoms with van der Waals surface area (Å²) in [7, 11) is 0. The minimum Gasteiger partial charge on any atom is -0.404 e. The molecule has 1 unspecified atom stereocenters. The first-order valence-corrected chi connectivity index (χ1v) is 8.34. The molecule has 3 rings (SSSR count). The maximum absolute atomic E-state index is 12.3. The van der Waals surface area contributed by atoms with Gasteiger partial charge in [-0.3, -0.25) is 4.98 Å². The molecule has 0 bridgehead atoms. The first-order chi connectivity index (χ1) is 12.0. The van der Waals surface area contributed by atoms with E-state index in [-0.39, 0.29) is 6.04 Å². The fourth-order valence-electron chi connectivity index (χ4n) is 2.40. The Bertz CT molecular complexity index is 910. The molecule has 3 aromatic rings. The summed E-state index contributed by atoms with van der Waals surface area (Å²) >= 11 is 12.1. The van der Waals surface area contributed by atoms with Gasteiger partial charge in [0.1, 0.15) is 0 Å². The molecule has 0 amide bonds. The molecule has 7 heteroatoms. The van der Waals surface area contributed by atoms with Crippen LogP contribution in [0.3, 0.4) is 0 Å². The number of halogens is 2. The Morgan fingerprint density at radius 3 is 2.52 bits per heavy atom. The Morgan fingerprint density at radius 1 is 1.12 bits per heavy atom. The van der Waals surface area contributed by atoms with Crippen molar-refractivity contribution in [1.82, 2.24) is 14.8 Å². The van der Waals surface area contributed by atoms with Gasteiger partial charge in [-0.05, 0) is 43.7 Å². The van der Waals surface area contributed by atoms with Crippen molar-refractivity contribution in [3.63, 3.8) is 0 Å². The number of aryl methyl sites for hydroxylation is 1. The molecule has 0 fully saturated rings. The summed E-state index contributed by atoms with van der Waals surface area (Å²) in [5, 5.41) is 5.38. The van der Waals surface area contributed by atoms with Crippen LogP contribution in [0.2, 0.25) is 10.0 Å². The Kier molecular flexibility index (Phi) is 5.06. The number of hydrogen-bond acceptors (Lipinski definition) is 4. The Labute approximate surface area is 155 Å². The number of ether oxygens (including phenoxy) is 1. The molecule has 0 aliphatic heterocycles. The third-order valence-electron chi connectivity index (χ3n) is 3.73. The first kappa shape index (κ1) is 17.5. The van der Waals surface area contributed by atoms with Crippen molar-refractivity contribution in [3.05, 3.63) is 75.7 Å². The molecule has 0 aliphatic rings. The van der Waals surface area contributed by atoms with Crippen LogP contribution in [0.4, 0.5) is 0 Å². The smallest absolute Gasteiger partial charge is 0.344 e. The van der Waals surface area contributed by atoms with Gasteiger partial charge in [0.15, 0.2) is 0 Å². The second-order valence-corrected chi connectivity index (χ2v) is 6.36. The SMILES string of the molecule is Cc1cc(OC(=O)c2ccncc2)n(C(C)c2ccc(Cl)c(Cl)c2)n1. The van der Waals surface area contributed by atoms with Gasteiger partial charge in [-0.15, -0.1) is 0 Å². The average molecular weight is 376 g/mol. The monoisotopic (exact) mass is 375 g/mol. The van der Waals surface area contributed by atoms with E-state index in [0.29, 0.717) is 21.5 Å². The lowest BCUT2D eigenvalue weighted by molar-refractivity contribution is 0.0716. The molecule has 25 heavy (non-hydrogen) atoms. The first-order valence-electron chi connectivity index (χ1n) is 7.59. The number of aromatic nitrogens is 3. The molecule has 0 aliphatic carbocycles. The van der Waals surface area contributed by atoms with Gasteiger partial charge in [0.05, 0.1) is 27.3 Å². The van der Waals surface area contributed by atoms with E-state index in [4.69, 9.17) is 27.9 Å². The molecule has 5 nitrogen and oxygen atoms in total. The normalized spacial score (nSPS) is 12.0. The van der Waals surface area contributed by atoms with Crippen molar-refractivity contribution >= 4 is 29.2 Å². The zero-order valence-corrected chi connectivity index (χ0v) is 15.1. The minimum atomic E-state index is -0.468. The summed E-state index contributed by atoms with van der Waals surface area (Å²) in [6.45, 7) is 3.78. The van der Waals surface area contributed by atoms with Crippen LogP contribution in [0, 0.1) is 6.92 Å². The number of nitrogens with zero attached hydrogens (tertiary/aromatic N) is 3. The van der Waals surface area contributed by atoms with Crippen LogP contribution >= 0.6 is 23.2 Å². The second kappa shape index (κ2) is 7.25. The number of hydrogen-bond donors (Lipinski definition) is 0. The van der Waals surface area contributed by atoms with Crippen LogP contribution in [0.25, 0.3) is 0 Å². The summed E-state index contributed by atoms with van der Waals surface area (Å²) in [5.41, 5.74) is 2.06. The molecule has 0 saturated carbocycles. The molecule has 2 heterocycles. The van der Waals surface area contributed by atoms with Crippen molar-refractivity contribution in [1.29, 1.82) is 0 Å². The lowest BCUT2D eigenvalue weighted by Gasteiger charge is -2.16. The lowest BCUT2D eigenvalue weighted by atomic mass is 10.1. The molecule has 2 aromatic heterocycles. The van der Waals surface area contributed by atoms with Crippen LogP contribution < -0.4 is 4.74 Å². The predicted octanol–water partition coefficient (Wildman–Crippen LogP) is 4.72. The quantitative estimate of drug-likeness (QED) is 0.618. The van der Waals surface area contributed by atoms with Crippen molar-refractivity contribution in [2.24, 2.45) is 0 Å². The van der Waals surface area contributed by atoms with Crippen LogP contribution in [-0.2, 0) is 0 Å². The summed E-state index contributed by atoms with van der Waals surface area (Å²) in [4.78, 5) is 16.2. The fourth-order valence-corrected chi connectivity index (χ4v) is 2.71. The molecule has 1 atom stereocenters. The number of carbonyl (C=O) groups is 1. The number of rotatable bonds is 4. The van der Waals surface area contributed by atoms with E-state index in [1.54, 1.807) is 35.0 Å². The Morgan fingerprint density at radius 2 is 1.84 bits per heavy atom. The van der Waals surface area contributed by atoms with Gasteiger partial charge in [-0.1, -0.05) is 29.3 Å². The van der Waals surface area contributed by atoms with Crippen molar-refractivity contribution in [2.45, 2.75) is 19.9 Å². The largest absolute Gasteiger partial charge is 0.404 e. The highest BCUT2D eigenvalue weighted by molar-refractivity contribution is 6.42. The van der Waals surface area contributed by atoms with Gasteiger partial charge in [0.25, 0.3) is 0 Å². The van der Waals surface area contributed by atoms with E-state index in [1.165, 1.54) is 12.4 Å². The van der Waals surface area contributed by atoms with Gasteiger partial charge >= 0.3 is 5.97 Å². The van der Waals surface area contributed by atoms with Gasteiger partial charge < -0.3 is 4.74 Å². The van der Waals surface area contributed by atoms with Crippen molar-refractivity contribution < 1.29 is 9.53 Å². The third kappa shape index (κ3) is 3.83. The van der Waals surface area contributed by atoms with Crippen LogP contribution in [0.15, 0.2) is 48.8 Å². The van der Waals surface area contributed by atoms with E-state index >= 15 is 0 Å². The topological polar surface area (TPSA) is 57.0 Å². The van der Waals surface area contributed by atoms with Crippen LogP contribution in [0.5, 0.6) is 5.88 Å².